The molecule has 0 fully saturated rings. The molecule has 42 heavy (non-hydrogen) atoms. The van der Waals surface area contributed by atoms with Crippen molar-refractivity contribution in [2.75, 3.05) is 0 Å². The Morgan fingerprint density at radius 2 is 1.19 bits per heavy atom. The molecule has 197 valence electrons. The third-order valence-electron chi connectivity index (χ3n) is 8.41. The molecular weight excluding hydrogens is 545 g/mol. The van der Waals surface area contributed by atoms with E-state index in [2.05, 4.69) is 161 Å². The molecule has 2 nitrogen and oxygen atoms in total. The SMILES string of the molecule is c1ccc([Si](c2cccc(-n3c4ccccc4n4c5ccccc5cc34)c2)c2cccc3c2sc2ccccc23)cc1. The first-order valence-electron chi connectivity index (χ1n) is 14.3. The highest BCUT2D eigenvalue weighted by Gasteiger charge is 2.24. The van der Waals surface area contributed by atoms with Gasteiger partial charge in [0.05, 0.1) is 16.6 Å². The Morgan fingerprint density at radius 3 is 2.10 bits per heavy atom. The van der Waals surface area contributed by atoms with Crippen molar-refractivity contribution < 1.29 is 0 Å². The summed E-state index contributed by atoms with van der Waals surface area (Å²) in [7, 11) is -1.30. The summed E-state index contributed by atoms with van der Waals surface area (Å²) in [6.45, 7) is 0. The molecule has 0 saturated heterocycles. The van der Waals surface area contributed by atoms with E-state index < -0.39 is 8.80 Å². The van der Waals surface area contributed by atoms with Gasteiger partial charge in [0.2, 0.25) is 0 Å². The van der Waals surface area contributed by atoms with Gasteiger partial charge >= 0.3 is 0 Å². The Kier molecular flexibility index (Phi) is 5.27. The number of benzene rings is 6. The molecule has 9 aromatic rings. The van der Waals surface area contributed by atoms with E-state index in [0.717, 1.165) is 0 Å². The molecule has 0 amide bonds. The smallest absolute Gasteiger partial charge is 0.156 e. The van der Waals surface area contributed by atoms with Gasteiger partial charge in [0, 0.05) is 31.2 Å². The summed E-state index contributed by atoms with van der Waals surface area (Å²) in [6.07, 6.45) is 0. The van der Waals surface area contributed by atoms with Gasteiger partial charge in [-0.2, -0.15) is 0 Å². The van der Waals surface area contributed by atoms with Gasteiger partial charge in [0.15, 0.2) is 8.80 Å². The number of thiophene rings is 1. The molecule has 6 aromatic carbocycles. The fourth-order valence-electron chi connectivity index (χ4n) is 6.62. The Morgan fingerprint density at radius 1 is 0.500 bits per heavy atom. The molecule has 0 unspecified atom stereocenters. The molecule has 3 aromatic heterocycles. The monoisotopic (exact) mass is 569 g/mol. The molecule has 9 rings (SSSR count). The highest BCUT2D eigenvalue weighted by molar-refractivity contribution is 7.27. The number of rotatable bonds is 4. The van der Waals surface area contributed by atoms with Gasteiger partial charge in [-0.25, -0.2) is 0 Å². The number of nitrogens with zero attached hydrogens (tertiary/aromatic N) is 2. The lowest BCUT2D eigenvalue weighted by Crippen LogP contribution is -2.52. The quantitative estimate of drug-likeness (QED) is 0.150. The molecule has 1 radical (unpaired) electrons. The summed E-state index contributed by atoms with van der Waals surface area (Å²) < 4.78 is 7.60. The van der Waals surface area contributed by atoms with E-state index in [1.165, 1.54) is 69.0 Å². The van der Waals surface area contributed by atoms with E-state index in [1.807, 2.05) is 11.3 Å². The summed E-state index contributed by atoms with van der Waals surface area (Å²) in [5.74, 6) is 0. The van der Waals surface area contributed by atoms with Crippen LogP contribution in [-0.2, 0) is 0 Å². The first-order valence-corrected chi connectivity index (χ1v) is 16.6. The van der Waals surface area contributed by atoms with E-state index in [-0.39, 0.29) is 0 Å². The van der Waals surface area contributed by atoms with Gasteiger partial charge in [-0.05, 0) is 52.8 Å². The van der Waals surface area contributed by atoms with Crippen molar-refractivity contribution in [2.45, 2.75) is 0 Å². The normalized spacial score (nSPS) is 12.0. The van der Waals surface area contributed by atoms with Crippen LogP contribution in [0.5, 0.6) is 0 Å². The molecular formula is C38H25N2SSi. The number of imidazole rings is 1. The van der Waals surface area contributed by atoms with Crippen molar-refractivity contribution >= 4 is 83.4 Å². The average molecular weight is 570 g/mol. The largest absolute Gasteiger partial charge is 0.294 e. The van der Waals surface area contributed by atoms with Crippen LogP contribution in [0, 0.1) is 0 Å². The predicted molar refractivity (Wildman–Crippen MR) is 182 cm³/mol. The minimum Gasteiger partial charge on any atom is -0.294 e. The minimum absolute atomic E-state index is 1.19. The Balaban J connectivity index is 1.31. The molecule has 4 heteroatoms. The van der Waals surface area contributed by atoms with Crippen LogP contribution in [0.3, 0.4) is 0 Å². The predicted octanol–water partition coefficient (Wildman–Crippen LogP) is 7.92. The van der Waals surface area contributed by atoms with Gasteiger partial charge in [-0.1, -0.05) is 114 Å². The lowest BCUT2D eigenvalue weighted by atomic mass is 10.1. The topological polar surface area (TPSA) is 9.34 Å². The highest BCUT2D eigenvalue weighted by Crippen LogP contribution is 2.33. The van der Waals surface area contributed by atoms with Crippen molar-refractivity contribution in [3.63, 3.8) is 0 Å². The van der Waals surface area contributed by atoms with Crippen molar-refractivity contribution in [1.82, 2.24) is 8.97 Å². The number of hydrogen-bond acceptors (Lipinski definition) is 1. The van der Waals surface area contributed by atoms with E-state index >= 15 is 0 Å². The lowest BCUT2D eigenvalue weighted by Gasteiger charge is -2.19. The molecule has 0 spiro atoms. The van der Waals surface area contributed by atoms with Crippen LogP contribution in [0.25, 0.3) is 53.4 Å². The van der Waals surface area contributed by atoms with Crippen molar-refractivity contribution in [2.24, 2.45) is 0 Å². The zero-order valence-electron chi connectivity index (χ0n) is 22.7. The fraction of sp³-hybridized carbons (Fsp3) is 0. The Labute approximate surface area is 248 Å². The zero-order chi connectivity index (χ0) is 27.6. The van der Waals surface area contributed by atoms with Crippen molar-refractivity contribution in [1.29, 1.82) is 0 Å². The van der Waals surface area contributed by atoms with Crippen molar-refractivity contribution in [3.8, 4) is 5.69 Å². The number of para-hydroxylation sites is 3. The highest BCUT2D eigenvalue weighted by atomic mass is 32.1. The van der Waals surface area contributed by atoms with Gasteiger partial charge < -0.3 is 0 Å². The summed E-state index contributed by atoms with van der Waals surface area (Å²) >= 11 is 1.93. The van der Waals surface area contributed by atoms with Gasteiger partial charge in [0.25, 0.3) is 0 Å². The fourth-order valence-corrected chi connectivity index (χ4v) is 10.9. The van der Waals surface area contributed by atoms with Crippen LogP contribution >= 0.6 is 11.3 Å². The van der Waals surface area contributed by atoms with Gasteiger partial charge in [0.1, 0.15) is 5.65 Å². The second-order valence-corrected chi connectivity index (χ2v) is 14.3. The van der Waals surface area contributed by atoms with E-state index in [9.17, 15) is 0 Å². The van der Waals surface area contributed by atoms with Crippen LogP contribution < -0.4 is 15.6 Å². The lowest BCUT2D eigenvalue weighted by molar-refractivity contribution is 1.15. The van der Waals surface area contributed by atoms with E-state index in [1.54, 1.807) is 0 Å². The summed E-state index contributed by atoms with van der Waals surface area (Å²) in [5.41, 5.74) is 6.07. The van der Waals surface area contributed by atoms with Crippen molar-refractivity contribution in [3.05, 3.63) is 152 Å². The summed E-state index contributed by atoms with van der Waals surface area (Å²) in [4.78, 5) is 0. The van der Waals surface area contributed by atoms with E-state index in [4.69, 9.17) is 0 Å². The summed E-state index contributed by atoms with van der Waals surface area (Å²) in [6, 6.07) is 55.9. The first kappa shape index (κ1) is 23.8. The third kappa shape index (κ3) is 3.49. The van der Waals surface area contributed by atoms with Crippen LogP contribution in [0.15, 0.2) is 152 Å². The van der Waals surface area contributed by atoms with Crippen LogP contribution in [0.4, 0.5) is 0 Å². The number of aromatic nitrogens is 2. The Bertz CT molecular complexity index is 2430. The molecule has 0 N–H and O–H groups in total. The number of fused-ring (bicyclic) bond motifs is 8. The molecule has 0 bridgehead atoms. The average Bonchev–Trinajstić information content (AvgIpc) is 3.71. The van der Waals surface area contributed by atoms with E-state index in [0.29, 0.717) is 0 Å². The third-order valence-corrected chi connectivity index (χ3v) is 12.6. The van der Waals surface area contributed by atoms with Crippen LogP contribution in [0.1, 0.15) is 0 Å². The summed E-state index contributed by atoms with van der Waals surface area (Å²) in [5, 5.41) is 8.22. The maximum absolute atomic E-state index is 2.44. The standard InChI is InChI=1S/C38H25N2SSi/c1-2-14-28(15-3-1)42(36-23-11-18-31-30-17-5-9-22-35(30)41-38(31)36)29-16-10-13-27(25-29)39-33-20-7-8-21-34(33)40-32-19-6-4-12-26(32)24-37(39)40/h1-25H. The molecule has 0 atom stereocenters. The molecule has 0 aliphatic rings. The number of hydrogen-bond donors (Lipinski definition) is 0. The van der Waals surface area contributed by atoms with Crippen LogP contribution in [-0.4, -0.2) is 17.8 Å². The van der Waals surface area contributed by atoms with Gasteiger partial charge in [-0.3, -0.25) is 8.97 Å². The Hall–Kier alpha value is -4.90. The molecule has 0 saturated carbocycles. The minimum atomic E-state index is -1.30. The maximum Gasteiger partial charge on any atom is 0.156 e. The van der Waals surface area contributed by atoms with Crippen LogP contribution in [0.2, 0.25) is 0 Å². The molecule has 0 aliphatic carbocycles. The zero-order valence-corrected chi connectivity index (χ0v) is 24.6. The first-order chi connectivity index (χ1) is 20.8. The second kappa shape index (κ2) is 9.31. The molecule has 3 heterocycles. The second-order valence-electron chi connectivity index (χ2n) is 10.8. The molecule has 0 aliphatic heterocycles. The van der Waals surface area contributed by atoms with Gasteiger partial charge in [-0.15, -0.1) is 11.3 Å². The maximum atomic E-state index is 2.44.